The summed E-state index contributed by atoms with van der Waals surface area (Å²) in [5.74, 6) is 0.977. The number of non-ortho nitro benzene ring substituents is 1. The molecule has 0 saturated heterocycles. The molecule has 1 aliphatic rings. The smallest absolute Gasteiger partial charge is 0.269 e. The van der Waals surface area contributed by atoms with Crippen LogP contribution < -0.4 is 14.4 Å². The normalized spacial score (nSPS) is 15.4. The second-order valence-corrected chi connectivity index (χ2v) is 7.44. The van der Waals surface area contributed by atoms with E-state index in [1.165, 1.54) is 12.1 Å². The molecule has 0 aromatic heterocycles. The number of carbonyl (C=O) groups is 1. The fraction of sp³-hybridized carbons (Fsp3) is 0.208. The van der Waals surface area contributed by atoms with Crippen molar-refractivity contribution >= 4 is 17.3 Å². The third-order valence-electron chi connectivity index (χ3n) is 5.52. The maximum absolute atomic E-state index is 13.3. The molecule has 1 atom stereocenters. The quantitative estimate of drug-likeness (QED) is 0.447. The summed E-state index contributed by atoms with van der Waals surface area (Å²) in [7, 11) is 3.10. The van der Waals surface area contributed by atoms with Crippen molar-refractivity contribution in [2.24, 2.45) is 0 Å². The van der Waals surface area contributed by atoms with Gasteiger partial charge in [-0.2, -0.15) is 0 Å². The van der Waals surface area contributed by atoms with E-state index in [0.29, 0.717) is 17.1 Å². The summed E-state index contributed by atoms with van der Waals surface area (Å²) >= 11 is 0. The van der Waals surface area contributed by atoms with Gasteiger partial charge in [-0.1, -0.05) is 29.8 Å². The van der Waals surface area contributed by atoms with E-state index in [1.54, 1.807) is 31.3 Å². The van der Waals surface area contributed by atoms with Crippen molar-refractivity contribution < 1.29 is 19.2 Å². The van der Waals surface area contributed by atoms with Crippen LogP contribution in [0.25, 0.3) is 0 Å². The van der Waals surface area contributed by atoms with E-state index < -0.39 is 11.0 Å². The first kappa shape index (κ1) is 20.4. The molecule has 3 aromatic carbocycles. The predicted molar refractivity (Wildman–Crippen MR) is 117 cm³/mol. The van der Waals surface area contributed by atoms with Gasteiger partial charge in [0.25, 0.3) is 5.69 Å². The van der Waals surface area contributed by atoms with Crippen molar-refractivity contribution in [2.75, 3.05) is 19.1 Å². The van der Waals surface area contributed by atoms with Crippen molar-refractivity contribution in [2.45, 2.75) is 19.4 Å². The minimum atomic E-state index is -0.543. The summed E-state index contributed by atoms with van der Waals surface area (Å²) in [5, 5.41) is 11.4. The van der Waals surface area contributed by atoms with Gasteiger partial charge in [-0.3, -0.25) is 14.9 Å². The number of rotatable bonds is 5. The molecule has 158 valence electrons. The number of hydrogen-bond donors (Lipinski definition) is 0. The molecule has 7 nitrogen and oxygen atoms in total. The van der Waals surface area contributed by atoms with Crippen LogP contribution in [0.3, 0.4) is 0 Å². The lowest BCUT2D eigenvalue weighted by molar-refractivity contribution is -0.384. The molecular formula is C24H22N2O5. The fourth-order valence-electron chi connectivity index (χ4n) is 4.01. The number of aryl methyl sites for hydroxylation is 1. The molecule has 1 aliphatic heterocycles. The minimum Gasteiger partial charge on any atom is -0.493 e. The average molecular weight is 418 g/mol. The van der Waals surface area contributed by atoms with E-state index in [2.05, 4.69) is 0 Å². The zero-order valence-electron chi connectivity index (χ0n) is 17.5. The second-order valence-electron chi connectivity index (χ2n) is 7.44. The van der Waals surface area contributed by atoms with E-state index in [9.17, 15) is 14.9 Å². The number of ether oxygens (including phenoxy) is 2. The third kappa shape index (κ3) is 3.70. The van der Waals surface area contributed by atoms with Crippen LogP contribution in [-0.4, -0.2) is 25.1 Å². The Kier molecular flexibility index (Phi) is 5.33. The van der Waals surface area contributed by atoms with E-state index >= 15 is 0 Å². The lowest BCUT2D eigenvalue weighted by Crippen LogP contribution is -2.41. The highest BCUT2D eigenvalue weighted by Gasteiger charge is 2.36. The Hall–Kier alpha value is -3.87. The first-order chi connectivity index (χ1) is 14.9. The number of methoxy groups -OCH3 is 2. The molecular weight excluding hydrogens is 396 g/mol. The van der Waals surface area contributed by atoms with Crippen LogP contribution in [-0.2, 0) is 11.2 Å². The number of nitrogens with zero attached hydrogens (tertiary/aromatic N) is 2. The van der Waals surface area contributed by atoms with Crippen LogP contribution in [0.15, 0.2) is 60.7 Å². The predicted octanol–water partition coefficient (Wildman–Crippen LogP) is 4.60. The summed E-state index contributed by atoms with van der Waals surface area (Å²) in [6.07, 6.45) is 0.189. The van der Waals surface area contributed by atoms with Crippen LogP contribution in [0, 0.1) is 17.0 Å². The molecule has 0 N–H and O–H groups in total. The summed E-state index contributed by atoms with van der Waals surface area (Å²) in [4.78, 5) is 26.0. The van der Waals surface area contributed by atoms with Crippen LogP contribution in [0.2, 0.25) is 0 Å². The Bertz CT molecular complexity index is 1160. The van der Waals surface area contributed by atoms with Gasteiger partial charge in [-0.25, -0.2) is 0 Å². The lowest BCUT2D eigenvalue weighted by atomic mass is 9.86. The molecule has 0 unspecified atom stereocenters. The molecule has 0 fully saturated rings. The molecule has 0 bridgehead atoms. The third-order valence-corrected chi connectivity index (χ3v) is 5.52. The van der Waals surface area contributed by atoms with E-state index in [4.69, 9.17) is 9.47 Å². The average Bonchev–Trinajstić information content (AvgIpc) is 2.78. The maximum atomic E-state index is 13.3. The van der Waals surface area contributed by atoms with Gasteiger partial charge in [-0.05, 0) is 47.9 Å². The van der Waals surface area contributed by atoms with E-state index in [-0.39, 0.29) is 18.0 Å². The van der Waals surface area contributed by atoms with Gasteiger partial charge in [-0.15, -0.1) is 0 Å². The van der Waals surface area contributed by atoms with E-state index in [0.717, 1.165) is 22.4 Å². The highest BCUT2D eigenvalue weighted by atomic mass is 16.6. The van der Waals surface area contributed by atoms with Crippen molar-refractivity contribution in [3.8, 4) is 11.5 Å². The Morgan fingerprint density at radius 1 is 1.00 bits per heavy atom. The molecule has 0 aliphatic carbocycles. The Balaban J connectivity index is 1.96. The summed E-state index contributed by atoms with van der Waals surface area (Å²) in [5.41, 5.74) is 4.08. The Morgan fingerprint density at radius 2 is 1.68 bits per heavy atom. The van der Waals surface area contributed by atoms with Crippen molar-refractivity contribution in [3.05, 3.63) is 93.0 Å². The topological polar surface area (TPSA) is 81.9 Å². The Labute approximate surface area is 180 Å². The van der Waals surface area contributed by atoms with E-state index in [1.807, 2.05) is 43.3 Å². The highest BCUT2D eigenvalue weighted by Crippen LogP contribution is 2.43. The van der Waals surface area contributed by atoms with Crippen molar-refractivity contribution in [1.29, 1.82) is 0 Å². The lowest BCUT2D eigenvalue weighted by Gasteiger charge is -2.38. The molecule has 7 heteroatoms. The Morgan fingerprint density at radius 3 is 2.32 bits per heavy atom. The monoisotopic (exact) mass is 418 g/mol. The molecule has 0 saturated carbocycles. The second kappa shape index (κ2) is 8.10. The molecule has 1 heterocycles. The van der Waals surface area contributed by atoms with Crippen molar-refractivity contribution in [1.82, 2.24) is 0 Å². The van der Waals surface area contributed by atoms with Gasteiger partial charge in [0.15, 0.2) is 11.5 Å². The maximum Gasteiger partial charge on any atom is 0.269 e. The number of hydrogen-bond acceptors (Lipinski definition) is 5. The summed E-state index contributed by atoms with van der Waals surface area (Å²) < 4.78 is 10.9. The van der Waals surface area contributed by atoms with Crippen LogP contribution in [0.5, 0.6) is 11.5 Å². The van der Waals surface area contributed by atoms with Crippen LogP contribution in [0.1, 0.15) is 28.3 Å². The number of anilines is 1. The fourth-order valence-corrected chi connectivity index (χ4v) is 4.01. The standard InChI is InChI=1S/C24H22N2O5/c1-15-7-9-18(10-8-15)25-23(27)13-17-12-21(30-2)22(31-3)14-20(17)24(25)16-5-4-6-19(11-16)26(28)29/h4-12,14,24H,13H2,1-3H3/t24-/m0/s1. The summed E-state index contributed by atoms with van der Waals surface area (Å²) in [6.45, 7) is 1.98. The zero-order valence-corrected chi connectivity index (χ0v) is 17.5. The molecule has 0 radical (unpaired) electrons. The number of carbonyl (C=O) groups excluding carboxylic acids is 1. The number of nitro benzene ring substituents is 1. The SMILES string of the molecule is COc1cc2c(cc1OC)[C@H](c1cccc([N+](=O)[O-])c1)N(c1ccc(C)cc1)C(=O)C2. The first-order valence-electron chi connectivity index (χ1n) is 9.80. The van der Waals surface area contributed by atoms with Gasteiger partial charge in [0.2, 0.25) is 5.91 Å². The zero-order chi connectivity index (χ0) is 22.1. The molecule has 31 heavy (non-hydrogen) atoms. The van der Waals surface area contributed by atoms with Gasteiger partial charge >= 0.3 is 0 Å². The molecule has 1 amide bonds. The minimum absolute atomic E-state index is 0.0265. The highest BCUT2D eigenvalue weighted by molar-refractivity contribution is 5.98. The van der Waals surface area contributed by atoms with Crippen molar-refractivity contribution in [3.63, 3.8) is 0 Å². The number of fused-ring (bicyclic) bond motifs is 1. The van der Waals surface area contributed by atoms with Gasteiger partial charge in [0.05, 0.1) is 31.6 Å². The number of nitro groups is 1. The van der Waals surface area contributed by atoms with Gasteiger partial charge in [0.1, 0.15) is 0 Å². The largest absolute Gasteiger partial charge is 0.493 e. The van der Waals surface area contributed by atoms with Crippen LogP contribution >= 0.6 is 0 Å². The van der Waals surface area contributed by atoms with Gasteiger partial charge in [0, 0.05) is 17.8 Å². The molecule has 0 spiro atoms. The molecule has 3 aromatic rings. The first-order valence-corrected chi connectivity index (χ1v) is 9.80. The number of benzene rings is 3. The van der Waals surface area contributed by atoms with Gasteiger partial charge < -0.3 is 14.4 Å². The number of amides is 1. The molecule has 4 rings (SSSR count). The summed E-state index contributed by atoms with van der Waals surface area (Å²) in [6, 6.07) is 17.2. The van der Waals surface area contributed by atoms with Crippen LogP contribution in [0.4, 0.5) is 11.4 Å².